The first-order valence-corrected chi connectivity index (χ1v) is 15.6. The number of nitrogens with zero attached hydrogens (tertiary/aromatic N) is 2. The molecule has 1 saturated carbocycles. The van der Waals surface area contributed by atoms with Crippen molar-refractivity contribution in [2.75, 3.05) is 23.9 Å². The maximum absolute atomic E-state index is 13.5. The Kier molecular flexibility index (Phi) is 9.61. The molecule has 9 nitrogen and oxygen atoms in total. The van der Waals surface area contributed by atoms with Gasteiger partial charge in [-0.1, -0.05) is 43.0 Å². The Morgan fingerprint density at radius 2 is 1.82 bits per heavy atom. The van der Waals surface area contributed by atoms with Crippen molar-refractivity contribution >= 4 is 39.1 Å². The number of nitrogens with one attached hydrogen (secondary N) is 1. The van der Waals surface area contributed by atoms with Gasteiger partial charge in [0.15, 0.2) is 11.5 Å². The number of carbonyl (C=O) groups excluding carboxylic acids is 2. The van der Waals surface area contributed by atoms with Crippen LogP contribution < -0.4 is 19.1 Å². The number of hydrogen-bond acceptors (Lipinski definition) is 6. The van der Waals surface area contributed by atoms with E-state index >= 15 is 0 Å². The predicted octanol–water partition coefficient (Wildman–Crippen LogP) is 4.48. The number of fused-ring (bicyclic) bond motifs is 1. The van der Waals surface area contributed by atoms with Gasteiger partial charge in [-0.25, -0.2) is 8.42 Å². The van der Waals surface area contributed by atoms with E-state index in [0.29, 0.717) is 22.2 Å². The van der Waals surface area contributed by atoms with Crippen LogP contribution in [-0.2, 0) is 26.2 Å². The maximum Gasteiger partial charge on any atom is 0.242 e. The molecule has 1 atom stereocenters. The minimum absolute atomic E-state index is 0.0676. The van der Waals surface area contributed by atoms with Crippen molar-refractivity contribution in [3.8, 4) is 11.5 Å². The van der Waals surface area contributed by atoms with Gasteiger partial charge in [0, 0.05) is 36.6 Å². The van der Waals surface area contributed by atoms with Gasteiger partial charge in [-0.05, 0) is 56.0 Å². The molecular weight excluding hydrogens is 542 g/mol. The van der Waals surface area contributed by atoms with Crippen LogP contribution in [0.3, 0.4) is 0 Å². The fourth-order valence-corrected chi connectivity index (χ4v) is 6.20. The number of sulfonamides is 1. The standard InChI is InChI=1S/C28H36ClN3O6S/c1-20(28(34)30-23-10-4-3-5-11-23)31(18-21-8-6-9-22(29)16-21)27(33)12-7-15-32(39(2,35)36)24-13-14-25-26(17-24)38-19-37-25/h6,8-9,13-14,16-17,20,23H,3-5,7,10-12,15,18-19H2,1-2H3,(H,30,34)/t20-/m1/s1. The zero-order valence-corrected chi connectivity index (χ0v) is 24.0. The van der Waals surface area contributed by atoms with Crippen molar-refractivity contribution < 1.29 is 27.5 Å². The molecule has 4 rings (SSSR count). The number of ether oxygens (including phenoxy) is 2. The number of carbonyl (C=O) groups is 2. The molecule has 0 bridgehead atoms. The molecule has 0 saturated heterocycles. The van der Waals surface area contributed by atoms with Crippen LogP contribution in [0.1, 0.15) is 57.4 Å². The van der Waals surface area contributed by atoms with E-state index in [9.17, 15) is 18.0 Å². The molecule has 11 heteroatoms. The topological polar surface area (TPSA) is 105 Å². The molecular formula is C28H36ClN3O6S. The predicted molar refractivity (Wildman–Crippen MR) is 150 cm³/mol. The lowest BCUT2D eigenvalue weighted by molar-refractivity contribution is -0.141. The SMILES string of the molecule is C[C@H](C(=O)NC1CCCCC1)N(Cc1cccc(Cl)c1)C(=O)CCCN(c1ccc2c(c1)OCO2)S(C)(=O)=O. The zero-order valence-electron chi connectivity index (χ0n) is 22.4. The van der Waals surface area contributed by atoms with Gasteiger partial charge in [0.1, 0.15) is 6.04 Å². The molecule has 2 amide bonds. The van der Waals surface area contributed by atoms with Crippen LogP contribution in [0.2, 0.25) is 5.02 Å². The Bertz CT molecular complexity index is 1280. The van der Waals surface area contributed by atoms with Gasteiger partial charge in [-0.15, -0.1) is 0 Å². The summed E-state index contributed by atoms with van der Waals surface area (Å²) in [6, 6.07) is 11.6. The summed E-state index contributed by atoms with van der Waals surface area (Å²) in [6.45, 7) is 2.13. The van der Waals surface area contributed by atoms with Crippen LogP contribution in [0.4, 0.5) is 5.69 Å². The Labute approximate surface area is 235 Å². The van der Waals surface area contributed by atoms with Crippen molar-refractivity contribution in [2.45, 2.75) is 70.5 Å². The molecule has 0 aromatic heterocycles. The molecule has 0 radical (unpaired) electrons. The smallest absolute Gasteiger partial charge is 0.242 e. The van der Waals surface area contributed by atoms with Gasteiger partial charge in [0.25, 0.3) is 0 Å². The lowest BCUT2D eigenvalue weighted by Crippen LogP contribution is -2.50. The van der Waals surface area contributed by atoms with E-state index < -0.39 is 16.1 Å². The fraction of sp³-hybridized carbons (Fsp3) is 0.500. The molecule has 1 aliphatic heterocycles. The first-order chi connectivity index (χ1) is 18.6. The van der Waals surface area contributed by atoms with E-state index in [0.717, 1.165) is 37.5 Å². The average molecular weight is 578 g/mol. The third-order valence-electron chi connectivity index (χ3n) is 7.16. The third kappa shape index (κ3) is 7.79. The molecule has 1 fully saturated rings. The molecule has 39 heavy (non-hydrogen) atoms. The zero-order chi connectivity index (χ0) is 28.0. The highest BCUT2D eigenvalue weighted by atomic mass is 35.5. The minimum Gasteiger partial charge on any atom is -0.454 e. The third-order valence-corrected chi connectivity index (χ3v) is 8.59. The van der Waals surface area contributed by atoms with Crippen molar-refractivity contribution in [2.24, 2.45) is 0 Å². The molecule has 2 aromatic carbocycles. The summed E-state index contributed by atoms with van der Waals surface area (Å²) >= 11 is 6.17. The van der Waals surface area contributed by atoms with Gasteiger partial charge < -0.3 is 19.7 Å². The van der Waals surface area contributed by atoms with Crippen molar-refractivity contribution in [1.29, 1.82) is 0 Å². The monoisotopic (exact) mass is 577 g/mol. The summed E-state index contributed by atoms with van der Waals surface area (Å²) in [5.74, 6) is 0.609. The van der Waals surface area contributed by atoms with Crippen LogP contribution in [-0.4, -0.2) is 56.8 Å². The highest BCUT2D eigenvalue weighted by Crippen LogP contribution is 2.36. The number of amides is 2. The van der Waals surface area contributed by atoms with Gasteiger partial charge in [0.05, 0.1) is 11.9 Å². The summed E-state index contributed by atoms with van der Waals surface area (Å²) in [6.07, 6.45) is 6.71. The number of benzene rings is 2. The van der Waals surface area contributed by atoms with Gasteiger partial charge in [-0.2, -0.15) is 0 Å². The average Bonchev–Trinajstić information content (AvgIpc) is 3.37. The molecule has 1 aliphatic carbocycles. The van der Waals surface area contributed by atoms with Crippen LogP contribution in [0.15, 0.2) is 42.5 Å². The number of rotatable bonds is 11. The molecule has 2 aliphatic rings. The van der Waals surface area contributed by atoms with Crippen LogP contribution in [0.5, 0.6) is 11.5 Å². The summed E-state index contributed by atoms with van der Waals surface area (Å²) < 4.78 is 37.2. The van der Waals surface area contributed by atoms with Crippen molar-refractivity contribution in [3.63, 3.8) is 0 Å². The molecule has 0 spiro atoms. The second-order valence-electron chi connectivity index (χ2n) is 10.1. The maximum atomic E-state index is 13.5. The highest BCUT2D eigenvalue weighted by molar-refractivity contribution is 7.92. The Hall–Kier alpha value is -2.98. The quantitative estimate of drug-likeness (QED) is 0.422. The second-order valence-corrected chi connectivity index (χ2v) is 12.5. The van der Waals surface area contributed by atoms with E-state index in [2.05, 4.69) is 5.32 Å². The Morgan fingerprint density at radius 3 is 2.54 bits per heavy atom. The first kappa shape index (κ1) is 29.0. The first-order valence-electron chi connectivity index (χ1n) is 13.3. The highest BCUT2D eigenvalue weighted by Gasteiger charge is 2.29. The Balaban J connectivity index is 1.45. The molecule has 212 valence electrons. The molecule has 0 unspecified atom stereocenters. The second kappa shape index (κ2) is 12.9. The van der Waals surface area contributed by atoms with Crippen LogP contribution in [0, 0.1) is 0 Å². The fourth-order valence-electron chi connectivity index (χ4n) is 5.03. The minimum atomic E-state index is -3.62. The van der Waals surface area contributed by atoms with Gasteiger partial charge >= 0.3 is 0 Å². The summed E-state index contributed by atoms with van der Waals surface area (Å²) in [5.41, 5.74) is 1.25. The molecule has 1 heterocycles. The lowest BCUT2D eigenvalue weighted by Gasteiger charge is -2.31. The molecule has 1 N–H and O–H groups in total. The summed E-state index contributed by atoms with van der Waals surface area (Å²) in [7, 11) is -3.62. The van der Waals surface area contributed by atoms with Crippen molar-refractivity contribution in [3.05, 3.63) is 53.1 Å². The van der Waals surface area contributed by atoms with E-state index in [4.69, 9.17) is 21.1 Å². The van der Waals surface area contributed by atoms with Crippen LogP contribution in [0.25, 0.3) is 0 Å². The summed E-state index contributed by atoms with van der Waals surface area (Å²) in [4.78, 5) is 28.2. The van der Waals surface area contributed by atoms with E-state index in [1.807, 2.05) is 12.1 Å². The van der Waals surface area contributed by atoms with E-state index in [-0.39, 0.29) is 50.6 Å². The van der Waals surface area contributed by atoms with E-state index in [1.54, 1.807) is 42.2 Å². The lowest BCUT2D eigenvalue weighted by atomic mass is 9.95. The Morgan fingerprint density at radius 1 is 1.08 bits per heavy atom. The number of anilines is 1. The molecule has 2 aromatic rings. The largest absolute Gasteiger partial charge is 0.454 e. The van der Waals surface area contributed by atoms with Crippen molar-refractivity contribution in [1.82, 2.24) is 10.2 Å². The van der Waals surface area contributed by atoms with Crippen LogP contribution >= 0.6 is 11.6 Å². The summed E-state index contributed by atoms with van der Waals surface area (Å²) in [5, 5.41) is 3.67. The van der Waals surface area contributed by atoms with Gasteiger partial charge in [0.2, 0.25) is 28.6 Å². The number of hydrogen-bond donors (Lipinski definition) is 1. The number of halogens is 1. The normalized spacial score (nSPS) is 16.0. The van der Waals surface area contributed by atoms with E-state index in [1.165, 1.54) is 10.7 Å². The van der Waals surface area contributed by atoms with Gasteiger partial charge in [-0.3, -0.25) is 13.9 Å².